The lowest BCUT2D eigenvalue weighted by Gasteiger charge is -2.14. The van der Waals surface area contributed by atoms with Gasteiger partial charge in [-0.25, -0.2) is 0 Å². The Morgan fingerprint density at radius 3 is 2.04 bits per heavy atom. The summed E-state index contributed by atoms with van der Waals surface area (Å²) in [5.41, 5.74) is 1.24. The molecule has 2 rings (SSSR count). The molecular formula is C23H33ClO2. The van der Waals surface area contributed by atoms with E-state index in [2.05, 4.69) is 44.2 Å². The molecule has 0 atom stereocenters. The molecule has 26 heavy (non-hydrogen) atoms. The van der Waals surface area contributed by atoms with E-state index in [1.54, 1.807) is 0 Å². The zero-order chi connectivity index (χ0) is 18.6. The van der Waals surface area contributed by atoms with Crippen LogP contribution in [0.5, 0.6) is 11.5 Å². The van der Waals surface area contributed by atoms with Crippen LogP contribution in [0.1, 0.15) is 63.9 Å². The molecule has 0 fully saturated rings. The Bertz CT molecular complexity index is 654. The highest BCUT2D eigenvalue weighted by Crippen LogP contribution is 2.34. The summed E-state index contributed by atoms with van der Waals surface area (Å²) in [5, 5.41) is 2.30. The number of hydrogen-bond donors (Lipinski definition) is 0. The van der Waals surface area contributed by atoms with Crippen LogP contribution in [0, 0.1) is 6.92 Å². The Labute approximate surface area is 163 Å². The van der Waals surface area contributed by atoms with Gasteiger partial charge in [-0.2, -0.15) is 0 Å². The Morgan fingerprint density at radius 2 is 1.35 bits per heavy atom. The van der Waals surface area contributed by atoms with Crippen molar-refractivity contribution in [2.24, 2.45) is 0 Å². The zero-order valence-electron chi connectivity index (χ0n) is 16.4. The lowest BCUT2D eigenvalue weighted by molar-refractivity contribution is 0.303. The van der Waals surface area contributed by atoms with Gasteiger partial charge in [0.05, 0.1) is 13.2 Å². The van der Waals surface area contributed by atoms with Crippen LogP contribution in [-0.2, 0) is 0 Å². The predicted octanol–water partition coefficient (Wildman–Crippen LogP) is 7.29. The molecule has 0 N–H and O–H groups in total. The summed E-state index contributed by atoms with van der Waals surface area (Å²) in [5.74, 6) is 2.71. The molecule has 0 amide bonds. The average Bonchev–Trinajstić information content (AvgIpc) is 2.65. The first kappa shape index (κ1) is 20.9. The minimum atomic E-state index is 0.767. The van der Waals surface area contributed by atoms with Crippen molar-refractivity contribution in [3.63, 3.8) is 0 Å². The zero-order valence-corrected chi connectivity index (χ0v) is 17.1. The van der Waals surface area contributed by atoms with Crippen molar-refractivity contribution in [1.29, 1.82) is 0 Å². The first-order valence-electron chi connectivity index (χ1n) is 10.1. The molecule has 0 spiro atoms. The molecule has 144 valence electrons. The molecule has 0 saturated carbocycles. The number of benzene rings is 2. The van der Waals surface area contributed by atoms with E-state index in [0.717, 1.165) is 67.0 Å². The molecule has 2 nitrogen and oxygen atoms in total. The van der Waals surface area contributed by atoms with Gasteiger partial charge in [0.25, 0.3) is 0 Å². The van der Waals surface area contributed by atoms with Gasteiger partial charge in [-0.15, -0.1) is 11.6 Å². The molecule has 0 aliphatic rings. The smallest absolute Gasteiger partial charge is 0.127 e. The van der Waals surface area contributed by atoms with Gasteiger partial charge in [-0.1, -0.05) is 56.7 Å². The number of ether oxygens (including phenoxy) is 2. The Morgan fingerprint density at radius 1 is 0.731 bits per heavy atom. The van der Waals surface area contributed by atoms with Crippen molar-refractivity contribution in [3.05, 3.63) is 35.9 Å². The number of halogens is 1. The third kappa shape index (κ3) is 6.72. The van der Waals surface area contributed by atoms with Crippen LogP contribution in [0.2, 0.25) is 0 Å². The normalized spacial score (nSPS) is 11.0. The Kier molecular flexibility index (Phi) is 9.70. The summed E-state index contributed by atoms with van der Waals surface area (Å²) in [7, 11) is 0. The van der Waals surface area contributed by atoms with E-state index in [1.165, 1.54) is 31.2 Å². The lowest BCUT2D eigenvalue weighted by atomic mass is 10.1. The lowest BCUT2D eigenvalue weighted by Crippen LogP contribution is -2.00. The second-order valence-corrected chi connectivity index (χ2v) is 7.35. The van der Waals surface area contributed by atoms with Crippen molar-refractivity contribution in [1.82, 2.24) is 0 Å². The number of fused-ring (bicyclic) bond motifs is 1. The van der Waals surface area contributed by atoms with E-state index >= 15 is 0 Å². The van der Waals surface area contributed by atoms with Crippen LogP contribution in [0.25, 0.3) is 10.8 Å². The summed E-state index contributed by atoms with van der Waals surface area (Å²) in [6, 6.07) is 10.6. The fraction of sp³-hybridized carbons (Fsp3) is 0.565. The summed E-state index contributed by atoms with van der Waals surface area (Å²) in [4.78, 5) is 0. The molecule has 2 aromatic carbocycles. The van der Waals surface area contributed by atoms with Gasteiger partial charge < -0.3 is 9.47 Å². The van der Waals surface area contributed by atoms with E-state index in [9.17, 15) is 0 Å². The molecule has 2 aromatic rings. The van der Waals surface area contributed by atoms with Crippen LogP contribution in [0.15, 0.2) is 30.3 Å². The largest absolute Gasteiger partial charge is 0.493 e. The quantitative estimate of drug-likeness (QED) is 0.270. The number of aryl methyl sites for hydroxylation is 1. The first-order chi connectivity index (χ1) is 12.8. The molecule has 0 radical (unpaired) electrons. The SMILES string of the molecule is CCCCOc1ccc(OCCCCCCCCCl)c2cc(C)ccc12. The van der Waals surface area contributed by atoms with E-state index in [1.807, 2.05) is 0 Å². The summed E-state index contributed by atoms with van der Waals surface area (Å²) in [6.07, 6.45) is 9.47. The molecule has 0 aliphatic heterocycles. The molecule has 0 saturated heterocycles. The van der Waals surface area contributed by atoms with E-state index < -0.39 is 0 Å². The van der Waals surface area contributed by atoms with E-state index in [-0.39, 0.29) is 0 Å². The van der Waals surface area contributed by atoms with Gasteiger partial charge in [-0.05, 0) is 44.4 Å². The Hall–Kier alpha value is -1.41. The highest BCUT2D eigenvalue weighted by molar-refractivity contribution is 6.17. The van der Waals surface area contributed by atoms with Gasteiger partial charge in [0, 0.05) is 16.7 Å². The van der Waals surface area contributed by atoms with Crippen molar-refractivity contribution >= 4 is 22.4 Å². The minimum Gasteiger partial charge on any atom is -0.493 e. The van der Waals surface area contributed by atoms with Crippen LogP contribution in [-0.4, -0.2) is 19.1 Å². The highest BCUT2D eigenvalue weighted by atomic mass is 35.5. The number of rotatable bonds is 13. The monoisotopic (exact) mass is 376 g/mol. The number of unbranched alkanes of at least 4 members (excludes halogenated alkanes) is 6. The topological polar surface area (TPSA) is 18.5 Å². The maximum atomic E-state index is 6.11. The van der Waals surface area contributed by atoms with Crippen LogP contribution >= 0.6 is 11.6 Å². The maximum Gasteiger partial charge on any atom is 0.127 e. The van der Waals surface area contributed by atoms with Crippen molar-refractivity contribution in [2.75, 3.05) is 19.1 Å². The van der Waals surface area contributed by atoms with Gasteiger partial charge in [0.1, 0.15) is 11.5 Å². The first-order valence-corrected chi connectivity index (χ1v) is 10.6. The minimum absolute atomic E-state index is 0.767. The van der Waals surface area contributed by atoms with Crippen molar-refractivity contribution in [2.45, 2.75) is 65.2 Å². The highest BCUT2D eigenvalue weighted by Gasteiger charge is 2.08. The van der Waals surface area contributed by atoms with E-state index in [4.69, 9.17) is 21.1 Å². The molecule has 0 aliphatic carbocycles. The van der Waals surface area contributed by atoms with Crippen LogP contribution in [0.3, 0.4) is 0 Å². The fourth-order valence-electron chi connectivity index (χ4n) is 3.07. The van der Waals surface area contributed by atoms with Gasteiger partial charge in [0.15, 0.2) is 0 Å². The summed E-state index contributed by atoms with van der Waals surface area (Å²) < 4.78 is 12.1. The average molecular weight is 377 g/mol. The predicted molar refractivity (Wildman–Crippen MR) is 113 cm³/mol. The standard InChI is InChI=1S/C23H33ClO2/c1-3-4-16-25-22-13-14-23(21-18-19(2)11-12-20(21)22)26-17-10-8-6-5-7-9-15-24/h11-14,18H,3-10,15-17H2,1-2H3. The van der Waals surface area contributed by atoms with Crippen LogP contribution < -0.4 is 9.47 Å². The molecule has 0 aromatic heterocycles. The third-order valence-electron chi connectivity index (χ3n) is 4.63. The van der Waals surface area contributed by atoms with E-state index in [0.29, 0.717) is 0 Å². The number of alkyl halides is 1. The fourth-order valence-corrected chi connectivity index (χ4v) is 3.26. The van der Waals surface area contributed by atoms with Crippen molar-refractivity contribution < 1.29 is 9.47 Å². The maximum absolute atomic E-state index is 6.11. The molecule has 0 heterocycles. The molecule has 0 bridgehead atoms. The second kappa shape index (κ2) is 12.1. The summed E-state index contributed by atoms with van der Waals surface area (Å²) >= 11 is 5.71. The van der Waals surface area contributed by atoms with Crippen molar-refractivity contribution in [3.8, 4) is 11.5 Å². The summed E-state index contributed by atoms with van der Waals surface area (Å²) in [6.45, 7) is 5.84. The van der Waals surface area contributed by atoms with Gasteiger partial charge in [-0.3, -0.25) is 0 Å². The van der Waals surface area contributed by atoms with Gasteiger partial charge >= 0.3 is 0 Å². The van der Waals surface area contributed by atoms with Gasteiger partial charge in [0.2, 0.25) is 0 Å². The third-order valence-corrected chi connectivity index (χ3v) is 4.90. The second-order valence-electron chi connectivity index (χ2n) is 6.97. The number of hydrogen-bond acceptors (Lipinski definition) is 2. The van der Waals surface area contributed by atoms with Crippen LogP contribution in [0.4, 0.5) is 0 Å². The molecular weight excluding hydrogens is 344 g/mol. The molecule has 3 heteroatoms. The Balaban J connectivity index is 1.93. The molecule has 0 unspecified atom stereocenters.